The van der Waals surface area contributed by atoms with E-state index in [9.17, 15) is 4.79 Å². The summed E-state index contributed by atoms with van der Waals surface area (Å²) >= 11 is 1.72. The normalized spacial score (nSPS) is 24.3. The molecule has 0 radical (unpaired) electrons. The highest BCUT2D eigenvalue weighted by molar-refractivity contribution is 7.10. The van der Waals surface area contributed by atoms with Crippen molar-refractivity contribution >= 4 is 23.4 Å². The molecular formula is C15H21NO2S. The lowest BCUT2D eigenvalue weighted by atomic mass is 10.1. The van der Waals surface area contributed by atoms with Crippen molar-refractivity contribution in [1.82, 2.24) is 4.90 Å². The zero-order valence-corrected chi connectivity index (χ0v) is 12.3. The average molecular weight is 279 g/mol. The van der Waals surface area contributed by atoms with Gasteiger partial charge in [-0.05, 0) is 49.3 Å². The van der Waals surface area contributed by atoms with Crippen LogP contribution in [0.2, 0.25) is 0 Å². The Hall–Kier alpha value is -1.13. The molecule has 0 aromatic carbocycles. The lowest BCUT2D eigenvalue weighted by molar-refractivity contribution is -0.131. The second-order valence-corrected chi connectivity index (χ2v) is 6.17. The Bertz CT molecular complexity index is 466. The minimum atomic E-state index is -0.896. The molecule has 1 fully saturated rings. The first kappa shape index (κ1) is 14.3. The van der Waals surface area contributed by atoms with E-state index in [-0.39, 0.29) is 0 Å². The van der Waals surface area contributed by atoms with Crippen LogP contribution < -0.4 is 0 Å². The zero-order chi connectivity index (χ0) is 13.8. The van der Waals surface area contributed by atoms with Crippen LogP contribution in [0.4, 0.5) is 0 Å². The summed E-state index contributed by atoms with van der Waals surface area (Å²) in [5.74, 6) is -0.896. The fourth-order valence-electron chi connectivity index (χ4n) is 2.76. The lowest BCUT2D eigenvalue weighted by Crippen LogP contribution is -2.33. The molecular weight excluding hydrogens is 258 g/mol. The van der Waals surface area contributed by atoms with Crippen molar-refractivity contribution in [3.05, 3.63) is 28.0 Å². The largest absolute Gasteiger partial charge is 0.478 e. The first-order chi connectivity index (χ1) is 9.10. The molecule has 1 N–H and O–H groups in total. The molecule has 1 aromatic rings. The summed E-state index contributed by atoms with van der Waals surface area (Å²) in [6, 6.07) is 3.46. The molecule has 1 aliphatic heterocycles. The number of hydrogen-bond acceptors (Lipinski definition) is 3. The van der Waals surface area contributed by atoms with E-state index in [2.05, 4.69) is 24.8 Å². The van der Waals surface area contributed by atoms with Crippen LogP contribution in [0, 0.1) is 0 Å². The van der Waals surface area contributed by atoms with Crippen molar-refractivity contribution in [3.63, 3.8) is 0 Å². The third kappa shape index (κ3) is 3.67. The molecule has 0 amide bonds. The van der Waals surface area contributed by atoms with Gasteiger partial charge in [-0.1, -0.05) is 6.92 Å². The number of thiophene rings is 1. The lowest BCUT2D eigenvalue weighted by Gasteiger charge is -2.26. The highest BCUT2D eigenvalue weighted by Gasteiger charge is 2.29. The van der Waals surface area contributed by atoms with Gasteiger partial charge in [0.15, 0.2) is 0 Å². The Kier molecular flexibility index (Phi) is 4.77. The fraction of sp³-hybridized carbons (Fsp3) is 0.533. The van der Waals surface area contributed by atoms with E-state index >= 15 is 0 Å². The number of nitrogens with zero attached hydrogens (tertiary/aromatic N) is 1. The third-order valence-corrected chi connectivity index (χ3v) is 4.79. The predicted molar refractivity (Wildman–Crippen MR) is 79.3 cm³/mol. The van der Waals surface area contributed by atoms with Crippen LogP contribution in [0.1, 0.15) is 43.6 Å². The maximum atomic E-state index is 10.5. The van der Waals surface area contributed by atoms with E-state index < -0.39 is 5.97 Å². The smallest absolute Gasteiger partial charge is 0.328 e. The van der Waals surface area contributed by atoms with Crippen molar-refractivity contribution in [3.8, 4) is 0 Å². The van der Waals surface area contributed by atoms with E-state index in [1.165, 1.54) is 30.2 Å². The summed E-state index contributed by atoms with van der Waals surface area (Å²) in [4.78, 5) is 14.4. The molecule has 1 aliphatic rings. The summed E-state index contributed by atoms with van der Waals surface area (Å²) in [6.45, 7) is 5.55. The molecule has 19 heavy (non-hydrogen) atoms. The topological polar surface area (TPSA) is 40.5 Å². The Morgan fingerprint density at radius 3 is 3.05 bits per heavy atom. The van der Waals surface area contributed by atoms with Gasteiger partial charge >= 0.3 is 5.97 Å². The van der Waals surface area contributed by atoms with E-state index in [0.29, 0.717) is 12.1 Å². The fourth-order valence-corrected chi connectivity index (χ4v) is 3.63. The van der Waals surface area contributed by atoms with Gasteiger partial charge in [0.2, 0.25) is 0 Å². The molecule has 2 rings (SSSR count). The van der Waals surface area contributed by atoms with Gasteiger partial charge in [-0.2, -0.15) is 0 Å². The number of hydrogen-bond donors (Lipinski definition) is 1. The molecule has 1 aromatic heterocycles. The Balaban J connectivity index is 2.01. The predicted octanol–water partition coefficient (Wildman–Crippen LogP) is 3.61. The summed E-state index contributed by atoms with van der Waals surface area (Å²) in [5, 5.41) is 10.6. The monoisotopic (exact) mass is 279 g/mol. The number of rotatable bonds is 5. The molecule has 2 atom stereocenters. The SMILES string of the molecule is CCC1CCC(C)N1Cc1cc(/C=C/C(=O)O)cs1. The maximum absolute atomic E-state index is 10.5. The molecule has 2 unspecified atom stereocenters. The number of carboxylic acids is 1. The first-order valence-corrected chi connectivity index (χ1v) is 7.72. The van der Waals surface area contributed by atoms with Gasteiger partial charge in [-0.15, -0.1) is 11.3 Å². The standard InChI is InChI=1S/C15H21NO2S/c1-3-13-6-4-11(2)16(13)9-14-8-12(10-19-14)5-7-15(17)18/h5,7-8,10-11,13H,3-4,6,9H2,1-2H3,(H,17,18)/b7-5+. The average Bonchev–Trinajstić information content (AvgIpc) is 2.96. The molecule has 3 nitrogen and oxygen atoms in total. The highest BCUT2D eigenvalue weighted by atomic mass is 32.1. The second-order valence-electron chi connectivity index (χ2n) is 5.18. The first-order valence-electron chi connectivity index (χ1n) is 6.84. The van der Waals surface area contributed by atoms with Crippen molar-refractivity contribution in [2.45, 2.75) is 51.7 Å². The van der Waals surface area contributed by atoms with E-state index in [0.717, 1.165) is 12.1 Å². The van der Waals surface area contributed by atoms with Crippen LogP contribution >= 0.6 is 11.3 Å². The molecule has 2 heterocycles. The van der Waals surface area contributed by atoms with Gasteiger partial charge in [-0.25, -0.2) is 4.79 Å². The quantitative estimate of drug-likeness (QED) is 0.837. The Morgan fingerprint density at radius 1 is 1.58 bits per heavy atom. The van der Waals surface area contributed by atoms with Crippen LogP contribution in [-0.2, 0) is 11.3 Å². The minimum absolute atomic E-state index is 0.657. The number of carboxylic acid groups (broad SMARTS) is 1. The van der Waals surface area contributed by atoms with E-state index in [1.54, 1.807) is 17.4 Å². The molecule has 0 bridgehead atoms. The van der Waals surface area contributed by atoms with Gasteiger partial charge in [0.1, 0.15) is 0 Å². The minimum Gasteiger partial charge on any atom is -0.478 e. The Labute approximate surface area is 118 Å². The van der Waals surface area contributed by atoms with Gasteiger partial charge in [0.25, 0.3) is 0 Å². The van der Waals surface area contributed by atoms with Gasteiger partial charge in [-0.3, -0.25) is 4.90 Å². The van der Waals surface area contributed by atoms with Crippen LogP contribution in [0.15, 0.2) is 17.5 Å². The second kappa shape index (κ2) is 6.35. The number of likely N-dealkylation sites (tertiary alicyclic amines) is 1. The van der Waals surface area contributed by atoms with Crippen LogP contribution in [0.3, 0.4) is 0 Å². The molecule has 1 saturated heterocycles. The summed E-state index contributed by atoms with van der Waals surface area (Å²) in [5.41, 5.74) is 0.988. The maximum Gasteiger partial charge on any atom is 0.328 e. The third-order valence-electron chi connectivity index (χ3n) is 3.85. The molecule has 4 heteroatoms. The van der Waals surface area contributed by atoms with Crippen molar-refractivity contribution < 1.29 is 9.90 Å². The highest BCUT2D eigenvalue weighted by Crippen LogP contribution is 2.29. The van der Waals surface area contributed by atoms with Crippen LogP contribution in [-0.4, -0.2) is 28.1 Å². The molecule has 0 aliphatic carbocycles. The van der Waals surface area contributed by atoms with Gasteiger partial charge in [0.05, 0.1) is 0 Å². The summed E-state index contributed by atoms with van der Waals surface area (Å²) in [7, 11) is 0. The van der Waals surface area contributed by atoms with Crippen molar-refractivity contribution in [2.75, 3.05) is 0 Å². The Morgan fingerprint density at radius 2 is 2.37 bits per heavy atom. The van der Waals surface area contributed by atoms with E-state index in [1.807, 2.05) is 5.38 Å². The van der Waals surface area contributed by atoms with Crippen molar-refractivity contribution in [1.29, 1.82) is 0 Å². The van der Waals surface area contributed by atoms with Gasteiger partial charge in [0, 0.05) is 29.6 Å². The molecule has 104 valence electrons. The van der Waals surface area contributed by atoms with Crippen molar-refractivity contribution in [2.24, 2.45) is 0 Å². The molecule has 0 spiro atoms. The van der Waals surface area contributed by atoms with Crippen LogP contribution in [0.25, 0.3) is 6.08 Å². The molecule has 0 saturated carbocycles. The van der Waals surface area contributed by atoms with Crippen LogP contribution in [0.5, 0.6) is 0 Å². The van der Waals surface area contributed by atoms with Gasteiger partial charge < -0.3 is 5.11 Å². The number of aliphatic carboxylic acids is 1. The zero-order valence-electron chi connectivity index (χ0n) is 11.5. The van der Waals surface area contributed by atoms with E-state index in [4.69, 9.17) is 5.11 Å². The summed E-state index contributed by atoms with van der Waals surface area (Å²) in [6.07, 6.45) is 6.65. The number of carbonyl (C=O) groups is 1. The summed E-state index contributed by atoms with van der Waals surface area (Å²) < 4.78 is 0.